The zero-order chi connectivity index (χ0) is 37.9. The number of likely N-dealkylation sites (N-methyl/N-ethyl adjacent to an activating group) is 2. The number of aryl methyl sites for hydroxylation is 2. The molecule has 1 aliphatic rings. The quantitative estimate of drug-likeness (QED) is 0.156. The van der Waals surface area contributed by atoms with Gasteiger partial charge in [-0.1, -0.05) is 29.5 Å². The number of ether oxygens (including phenoxy) is 1. The molecule has 4 aromatic heterocycles. The lowest BCUT2D eigenvalue weighted by molar-refractivity contribution is -0.131. The number of fused-ring (bicyclic) bond motifs is 2. The smallest absolute Gasteiger partial charge is 0.270 e. The first-order chi connectivity index (χ1) is 26.2. The second-order valence-corrected chi connectivity index (χ2v) is 13.3. The molecule has 0 saturated carbocycles. The number of halogens is 2. The molecule has 0 saturated heterocycles. The number of nitrogens with zero attached hydrogens (tertiary/aromatic N) is 8. The van der Waals surface area contributed by atoms with Crippen molar-refractivity contribution in [1.82, 2.24) is 39.7 Å². The van der Waals surface area contributed by atoms with Gasteiger partial charge in [-0.2, -0.15) is 0 Å². The molecule has 2 aromatic carbocycles. The van der Waals surface area contributed by atoms with Crippen LogP contribution < -0.4 is 9.64 Å². The summed E-state index contributed by atoms with van der Waals surface area (Å²) < 4.78 is 37.6. The normalized spacial score (nSPS) is 13.0. The molecule has 0 fully saturated rings. The highest BCUT2D eigenvalue weighted by Crippen LogP contribution is 2.40. The summed E-state index contributed by atoms with van der Waals surface area (Å²) in [6, 6.07) is 12.7. The molecule has 0 bridgehead atoms. The van der Waals surface area contributed by atoms with E-state index in [1.165, 1.54) is 13.2 Å². The van der Waals surface area contributed by atoms with Crippen molar-refractivity contribution in [1.29, 1.82) is 0 Å². The highest BCUT2D eigenvalue weighted by Gasteiger charge is 2.27. The first-order valence-corrected chi connectivity index (χ1v) is 17.9. The summed E-state index contributed by atoms with van der Waals surface area (Å²) in [5.74, 6) is -0.637. The van der Waals surface area contributed by atoms with E-state index in [1.807, 2.05) is 50.3 Å². The minimum absolute atomic E-state index is 0.0554. The fourth-order valence-corrected chi connectivity index (χ4v) is 7.05. The van der Waals surface area contributed by atoms with Gasteiger partial charge in [0.2, 0.25) is 5.91 Å². The maximum Gasteiger partial charge on any atom is 0.270 e. The largest absolute Gasteiger partial charge is 0.493 e. The van der Waals surface area contributed by atoms with E-state index in [0.717, 1.165) is 33.8 Å². The van der Waals surface area contributed by atoms with E-state index < -0.39 is 11.6 Å². The molecule has 54 heavy (non-hydrogen) atoms. The summed E-state index contributed by atoms with van der Waals surface area (Å²) in [6.45, 7) is 6.12. The number of rotatable bonds is 12. The van der Waals surface area contributed by atoms with Gasteiger partial charge in [0, 0.05) is 81.0 Å². The van der Waals surface area contributed by atoms with Crippen LogP contribution in [0.3, 0.4) is 0 Å². The lowest BCUT2D eigenvalue weighted by Crippen LogP contribution is -2.38. The van der Waals surface area contributed by atoms with Crippen molar-refractivity contribution in [3.63, 3.8) is 0 Å². The van der Waals surface area contributed by atoms with E-state index in [9.17, 15) is 14.0 Å². The number of hydrogen-bond acceptors (Lipinski definition) is 8. The summed E-state index contributed by atoms with van der Waals surface area (Å²) in [6.07, 6.45) is 8.95. The van der Waals surface area contributed by atoms with Crippen LogP contribution in [0.2, 0.25) is 0 Å². The number of anilines is 1. The second-order valence-electron chi connectivity index (χ2n) is 13.3. The molecule has 6 aromatic rings. The number of benzene rings is 2. The summed E-state index contributed by atoms with van der Waals surface area (Å²) in [5.41, 5.74) is 4.91. The van der Waals surface area contributed by atoms with Crippen LogP contribution >= 0.6 is 0 Å². The van der Waals surface area contributed by atoms with Crippen LogP contribution in [-0.2, 0) is 11.3 Å². The number of methoxy groups -OCH3 is 1. The number of hydrogen-bond donors (Lipinski definition) is 1. The van der Waals surface area contributed by atoms with Crippen molar-refractivity contribution >= 4 is 45.0 Å². The Morgan fingerprint density at radius 2 is 1.87 bits per heavy atom. The summed E-state index contributed by atoms with van der Waals surface area (Å²) in [4.78, 5) is 44.6. The van der Waals surface area contributed by atoms with E-state index in [0.29, 0.717) is 61.5 Å². The molecule has 0 unspecified atom stereocenters. The third-order valence-electron chi connectivity index (χ3n) is 9.98. The van der Waals surface area contributed by atoms with Crippen molar-refractivity contribution in [2.75, 3.05) is 51.8 Å². The monoisotopic (exact) mass is 733 g/mol. The third-order valence-corrected chi connectivity index (χ3v) is 9.98. The zero-order valence-electron chi connectivity index (χ0n) is 30.6. The summed E-state index contributed by atoms with van der Waals surface area (Å²) >= 11 is 0. The van der Waals surface area contributed by atoms with Gasteiger partial charge in [-0.05, 0) is 60.7 Å². The molecule has 278 valence electrons. The molecule has 1 aliphatic heterocycles. The maximum absolute atomic E-state index is 16.9. The lowest BCUT2D eigenvalue weighted by atomic mass is 9.91. The van der Waals surface area contributed by atoms with Crippen molar-refractivity contribution in [2.24, 2.45) is 0 Å². The topological polar surface area (TPSA) is 125 Å². The van der Waals surface area contributed by atoms with Crippen molar-refractivity contribution in [3.05, 3.63) is 102 Å². The molecule has 7 rings (SSSR count). The average molecular weight is 734 g/mol. The molecule has 2 amide bonds. The molecular weight excluding hydrogens is 692 g/mol. The Balaban J connectivity index is 1.24. The Bertz CT molecular complexity index is 2370. The van der Waals surface area contributed by atoms with Gasteiger partial charge in [-0.3, -0.25) is 19.3 Å². The lowest BCUT2D eigenvalue weighted by Gasteiger charge is -2.28. The molecule has 14 heteroatoms. The first kappa shape index (κ1) is 36.2. The Labute approximate surface area is 311 Å². The number of aromatic amines is 1. The van der Waals surface area contributed by atoms with Gasteiger partial charge in [0.15, 0.2) is 17.4 Å². The van der Waals surface area contributed by atoms with E-state index >= 15 is 4.39 Å². The Kier molecular flexibility index (Phi) is 10.3. The van der Waals surface area contributed by atoms with Crippen molar-refractivity contribution < 1.29 is 23.1 Å². The van der Waals surface area contributed by atoms with Gasteiger partial charge in [0.25, 0.3) is 5.91 Å². The maximum atomic E-state index is 16.9. The number of pyridine rings is 2. The SMILES string of the molecule is CCN(CCN(C)c1ncc(F)cc1OC)C(=O)c1cc2c(-c3ccc(C)c4ncccc34)cc(C3=CCCN(C(=O)CCn4ccnn4)C3)c(F)c2[nH]1. The summed E-state index contributed by atoms with van der Waals surface area (Å²) in [5, 5.41) is 9.21. The molecule has 0 radical (unpaired) electrons. The van der Waals surface area contributed by atoms with Crippen LogP contribution in [-0.4, -0.2) is 98.4 Å². The molecule has 0 atom stereocenters. The van der Waals surface area contributed by atoms with Gasteiger partial charge < -0.3 is 24.4 Å². The molecule has 1 N–H and O–H groups in total. The van der Waals surface area contributed by atoms with Gasteiger partial charge in [0.05, 0.1) is 37.1 Å². The van der Waals surface area contributed by atoms with Crippen molar-refractivity contribution in [2.45, 2.75) is 33.2 Å². The van der Waals surface area contributed by atoms with E-state index in [1.54, 1.807) is 51.1 Å². The average Bonchev–Trinajstić information content (AvgIpc) is 3.89. The minimum atomic E-state index is -0.511. The van der Waals surface area contributed by atoms with Crippen LogP contribution in [0.25, 0.3) is 38.5 Å². The fraction of sp³-hybridized carbons (Fsp3) is 0.300. The number of H-pyrrole nitrogens is 1. The molecule has 12 nitrogen and oxygen atoms in total. The van der Waals surface area contributed by atoms with E-state index in [-0.39, 0.29) is 41.7 Å². The predicted molar refractivity (Wildman–Crippen MR) is 203 cm³/mol. The number of nitrogens with one attached hydrogen (secondary N) is 1. The first-order valence-electron chi connectivity index (χ1n) is 17.9. The highest BCUT2D eigenvalue weighted by atomic mass is 19.1. The number of aromatic nitrogens is 6. The molecule has 0 spiro atoms. The number of amides is 2. The second kappa shape index (κ2) is 15.4. The van der Waals surface area contributed by atoms with Crippen LogP contribution in [0.4, 0.5) is 14.6 Å². The summed E-state index contributed by atoms with van der Waals surface area (Å²) in [7, 11) is 3.24. The Morgan fingerprint density at radius 1 is 1.02 bits per heavy atom. The fourth-order valence-electron chi connectivity index (χ4n) is 7.05. The predicted octanol–water partition coefficient (Wildman–Crippen LogP) is 6.27. The van der Waals surface area contributed by atoms with Crippen LogP contribution in [0.1, 0.15) is 41.4 Å². The zero-order valence-corrected chi connectivity index (χ0v) is 30.6. The van der Waals surface area contributed by atoms with Crippen molar-refractivity contribution in [3.8, 4) is 16.9 Å². The van der Waals surface area contributed by atoms with Crippen LogP contribution in [0.5, 0.6) is 5.75 Å². The number of carbonyl (C=O) groups is 2. The van der Waals surface area contributed by atoms with Gasteiger partial charge in [-0.25, -0.2) is 13.8 Å². The highest BCUT2D eigenvalue weighted by molar-refractivity contribution is 6.09. The third kappa shape index (κ3) is 7.10. The van der Waals surface area contributed by atoms with Gasteiger partial charge in [-0.15, -0.1) is 5.10 Å². The van der Waals surface area contributed by atoms with Crippen LogP contribution in [0.15, 0.2) is 73.3 Å². The van der Waals surface area contributed by atoms with Crippen LogP contribution in [0, 0.1) is 18.6 Å². The van der Waals surface area contributed by atoms with E-state index in [2.05, 4.69) is 25.3 Å². The Morgan fingerprint density at radius 3 is 2.65 bits per heavy atom. The number of carbonyl (C=O) groups excluding carboxylic acids is 2. The van der Waals surface area contributed by atoms with Gasteiger partial charge in [0.1, 0.15) is 11.5 Å². The Hall–Kier alpha value is -6.18. The molecule has 5 heterocycles. The molecule has 0 aliphatic carbocycles. The minimum Gasteiger partial charge on any atom is -0.493 e. The van der Waals surface area contributed by atoms with Gasteiger partial charge >= 0.3 is 0 Å². The molecular formula is C40H41F2N9O3. The standard InChI is InChI=1S/C40H41F2N9O3/c1-5-49(19-18-48(3)39-34(54-4)20-27(41)23-44-39)40(53)33-22-32-31(28-11-10-25(2)37-29(28)9-6-13-43-37)21-30(36(42)38(32)46-33)26-8-7-15-50(24-26)35(52)12-16-51-17-14-45-47-51/h6,8-11,13-14,17,20-23,46H,5,7,12,15-16,18-19,24H2,1-4H3. The van der Waals surface area contributed by atoms with E-state index in [4.69, 9.17) is 4.74 Å².